The first kappa shape index (κ1) is 16.9. The fraction of sp³-hybridized carbons (Fsp3) is 0.857. The van der Waals surface area contributed by atoms with E-state index in [9.17, 15) is 9.59 Å². The summed E-state index contributed by atoms with van der Waals surface area (Å²) in [6.07, 6.45) is 0. The first-order chi connectivity index (χ1) is 9.60. The molecule has 0 unspecified atom stereocenters. The Balaban J connectivity index is 2.28. The van der Waals surface area contributed by atoms with Gasteiger partial charge in [0.05, 0.1) is 13.1 Å². The molecule has 1 N–H and O–H groups in total. The number of amides is 2. The number of nitrogens with one attached hydrogen (secondary N) is 1. The Morgan fingerprint density at radius 2 is 1.45 bits per heavy atom. The molecule has 0 saturated carbocycles. The molecule has 1 aliphatic rings. The molecule has 116 valence electrons. The van der Waals surface area contributed by atoms with Crippen LogP contribution in [-0.2, 0) is 9.59 Å². The first-order valence-corrected chi connectivity index (χ1v) is 7.59. The highest BCUT2D eigenvalue weighted by Crippen LogP contribution is 2.02. The minimum absolute atomic E-state index is 0.0835. The summed E-state index contributed by atoms with van der Waals surface area (Å²) in [5, 5.41) is 2.81. The van der Waals surface area contributed by atoms with Crippen LogP contribution in [0.4, 0.5) is 0 Å². The van der Waals surface area contributed by atoms with E-state index < -0.39 is 0 Å². The number of hydrogen-bond acceptors (Lipinski definition) is 4. The second-order valence-electron chi connectivity index (χ2n) is 5.07. The van der Waals surface area contributed by atoms with Crippen LogP contribution in [0, 0.1) is 0 Å². The molecule has 2 amide bonds. The van der Waals surface area contributed by atoms with Crippen LogP contribution in [0.25, 0.3) is 0 Å². The number of piperazine rings is 1. The molecule has 0 aromatic carbocycles. The van der Waals surface area contributed by atoms with E-state index >= 15 is 0 Å². The Hall–Kier alpha value is -1.14. The van der Waals surface area contributed by atoms with Gasteiger partial charge in [-0.3, -0.25) is 19.4 Å². The van der Waals surface area contributed by atoms with Gasteiger partial charge < -0.3 is 10.2 Å². The molecular weight excluding hydrogens is 256 g/mol. The molecule has 6 heteroatoms. The zero-order valence-electron chi connectivity index (χ0n) is 13.0. The highest BCUT2D eigenvalue weighted by atomic mass is 16.2. The maximum atomic E-state index is 12.0. The highest BCUT2D eigenvalue weighted by molar-refractivity contribution is 5.78. The molecule has 6 nitrogen and oxygen atoms in total. The Morgan fingerprint density at radius 1 is 0.950 bits per heavy atom. The van der Waals surface area contributed by atoms with E-state index in [0.29, 0.717) is 19.6 Å². The van der Waals surface area contributed by atoms with Gasteiger partial charge in [0.1, 0.15) is 0 Å². The second kappa shape index (κ2) is 8.92. The average molecular weight is 284 g/mol. The molecule has 0 spiro atoms. The Labute approximate surface area is 122 Å². The van der Waals surface area contributed by atoms with Crippen molar-refractivity contribution in [3.05, 3.63) is 0 Å². The molecule has 1 saturated heterocycles. The van der Waals surface area contributed by atoms with Gasteiger partial charge in [-0.1, -0.05) is 0 Å². The van der Waals surface area contributed by atoms with Crippen LogP contribution >= 0.6 is 0 Å². The second-order valence-corrected chi connectivity index (χ2v) is 5.07. The summed E-state index contributed by atoms with van der Waals surface area (Å²) in [6.45, 7) is 12.5. The summed E-state index contributed by atoms with van der Waals surface area (Å²) in [5.41, 5.74) is 0. The van der Waals surface area contributed by atoms with E-state index in [0.717, 1.165) is 39.3 Å². The third kappa shape index (κ3) is 5.46. The standard InChI is InChI=1S/C14H28N4O2/c1-4-15-13(19)11-16-7-9-17(10-8-16)12-14(20)18(5-2)6-3/h4-12H2,1-3H3,(H,15,19). The predicted octanol–water partition coefficient (Wildman–Crippen LogP) is -0.391. The summed E-state index contributed by atoms with van der Waals surface area (Å²) in [5.74, 6) is 0.285. The molecule has 20 heavy (non-hydrogen) atoms. The van der Waals surface area contributed by atoms with E-state index in [1.807, 2.05) is 25.7 Å². The quantitative estimate of drug-likeness (QED) is 0.692. The van der Waals surface area contributed by atoms with Crippen LogP contribution in [0.2, 0.25) is 0 Å². The number of carbonyl (C=O) groups excluding carboxylic acids is 2. The molecule has 0 bridgehead atoms. The fourth-order valence-corrected chi connectivity index (χ4v) is 2.43. The third-order valence-electron chi connectivity index (χ3n) is 3.68. The summed E-state index contributed by atoms with van der Waals surface area (Å²) in [4.78, 5) is 29.7. The van der Waals surface area contributed by atoms with E-state index in [2.05, 4.69) is 15.1 Å². The third-order valence-corrected chi connectivity index (χ3v) is 3.68. The van der Waals surface area contributed by atoms with Gasteiger partial charge in [-0.2, -0.15) is 0 Å². The molecule has 1 rings (SSSR count). The number of nitrogens with zero attached hydrogens (tertiary/aromatic N) is 3. The van der Waals surface area contributed by atoms with E-state index in [1.165, 1.54) is 0 Å². The van der Waals surface area contributed by atoms with E-state index in [4.69, 9.17) is 0 Å². The van der Waals surface area contributed by atoms with Crippen molar-refractivity contribution >= 4 is 11.8 Å². The van der Waals surface area contributed by atoms with Crippen molar-refractivity contribution < 1.29 is 9.59 Å². The van der Waals surface area contributed by atoms with Crippen molar-refractivity contribution in [3.63, 3.8) is 0 Å². The van der Waals surface area contributed by atoms with Crippen LogP contribution in [0.15, 0.2) is 0 Å². The molecule has 1 aliphatic heterocycles. The van der Waals surface area contributed by atoms with Gasteiger partial charge in [0.2, 0.25) is 11.8 Å². The highest BCUT2D eigenvalue weighted by Gasteiger charge is 2.21. The smallest absolute Gasteiger partial charge is 0.236 e. The predicted molar refractivity (Wildman–Crippen MR) is 79.5 cm³/mol. The lowest BCUT2D eigenvalue weighted by Crippen LogP contribution is -2.51. The van der Waals surface area contributed by atoms with Gasteiger partial charge in [-0.15, -0.1) is 0 Å². The SMILES string of the molecule is CCNC(=O)CN1CCN(CC(=O)N(CC)CC)CC1. The van der Waals surface area contributed by atoms with Gasteiger partial charge >= 0.3 is 0 Å². The Kier molecular flexibility index (Phi) is 7.54. The first-order valence-electron chi connectivity index (χ1n) is 7.59. The number of carbonyl (C=O) groups is 2. The molecule has 0 aromatic rings. The lowest BCUT2D eigenvalue weighted by molar-refractivity contribution is -0.133. The van der Waals surface area contributed by atoms with E-state index in [1.54, 1.807) is 0 Å². The van der Waals surface area contributed by atoms with Crippen LogP contribution in [-0.4, -0.2) is 85.4 Å². The summed E-state index contributed by atoms with van der Waals surface area (Å²) >= 11 is 0. The van der Waals surface area contributed by atoms with Crippen molar-refractivity contribution in [1.82, 2.24) is 20.0 Å². The summed E-state index contributed by atoms with van der Waals surface area (Å²) in [6, 6.07) is 0. The normalized spacial score (nSPS) is 16.9. The molecule has 0 aromatic heterocycles. The van der Waals surface area contributed by atoms with E-state index in [-0.39, 0.29) is 11.8 Å². The molecule has 1 fully saturated rings. The van der Waals surface area contributed by atoms with Crippen LogP contribution in [0.1, 0.15) is 20.8 Å². The average Bonchev–Trinajstić information content (AvgIpc) is 2.42. The molecular formula is C14H28N4O2. The maximum Gasteiger partial charge on any atom is 0.236 e. The van der Waals surface area contributed by atoms with Gasteiger partial charge in [-0.25, -0.2) is 0 Å². The monoisotopic (exact) mass is 284 g/mol. The molecule has 0 atom stereocenters. The number of likely N-dealkylation sites (N-methyl/N-ethyl adjacent to an activating group) is 2. The maximum absolute atomic E-state index is 12.0. The van der Waals surface area contributed by atoms with Gasteiger partial charge in [0, 0.05) is 45.8 Å². The number of hydrogen-bond donors (Lipinski definition) is 1. The van der Waals surface area contributed by atoms with Gasteiger partial charge in [-0.05, 0) is 20.8 Å². The largest absolute Gasteiger partial charge is 0.355 e. The van der Waals surface area contributed by atoms with Crippen molar-refractivity contribution in [2.75, 3.05) is 58.9 Å². The van der Waals surface area contributed by atoms with Crippen molar-refractivity contribution in [2.24, 2.45) is 0 Å². The Morgan fingerprint density at radius 3 is 1.90 bits per heavy atom. The van der Waals surface area contributed by atoms with Crippen LogP contribution in [0.3, 0.4) is 0 Å². The van der Waals surface area contributed by atoms with Gasteiger partial charge in [0.15, 0.2) is 0 Å². The lowest BCUT2D eigenvalue weighted by Gasteiger charge is -2.34. The molecule has 0 aliphatic carbocycles. The van der Waals surface area contributed by atoms with Crippen molar-refractivity contribution in [1.29, 1.82) is 0 Å². The lowest BCUT2D eigenvalue weighted by atomic mass is 10.3. The summed E-state index contributed by atoms with van der Waals surface area (Å²) < 4.78 is 0. The molecule has 0 radical (unpaired) electrons. The van der Waals surface area contributed by atoms with Crippen molar-refractivity contribution in [2.45, 2.75) is 20.8 Å². The number of rotatable bonds is 7. The minimum atomic E-state index is 0.0835. The van der Waals surface area contributed by atoms with Gasteiger partial charge in [0.25, 0.3) is 0 Å². The zero-order valence-corrected chi connectivity index (χ0v) is 13.0. The van der Waals surface area contributed by atoms with Crippen LogP contribution < -0.4 is 5.32 Å². The topological polar surface area (TPSA) is 55.9 Å². The van der Waals surface area contributed by atoms with Crippen molar-refractivity contribution in [3.8, 4) is 0 Å². The summed E-state index contributed by atoms with van der Waals surface area (Å²) in [7, 11) is 0. The minimum Gasteiger partial charge on any atom is -0.355 e. The van der Waals surface area contributed by atoms with Crippen LogP contribution in [0.5, 0.6) is 0 Å². The zero-order chi connectivity index (χ0) is 15.0. The molecule has 1 heterocycles. The fourth-order valence-electron chi connectivity index (χ4n) is 2.43. The Bertz CT molecular complexity index is 310.